The topological polar surface area (TPSA) is 76.7 Å². The highest BCUT2D eigenvalue weighted by atomic mass is 15.3. The number of nitrogens with two attached hydrogens (primary N) is 1. The molecule has 0 saturated heterocycles. The number of anilines is 1. The fourth-order valence-corrected chi connectivity index (χ4v) is 2.05. The van der Waals surface area contributed by atoms with Gasteiger partial charge in [-0.2, -0.15) is 0 Å². The van der Waals surface area contributed by atoms with Crippen LogP contribution in [0.15, 0.2) is 42.6 Å². The normalized spacial score (nSPS) is 10.6. The standard InChI is InChI=1S/C14H13N5/c1-9-8-13(19-15)18-14(17-9)11-6-7-16-12-5-3-2-4-10(11)12/h2-8H,15H2,1H3,(H,17,18,19). The number of fused-ring (bicyclic) bond motifs is 1. The second-order valence-corrected chi connectivity index (χ2v) is 4.24. The lowest BCUT2D eigenvalue weighted by Crippen LogP contribution is -2.10. The van der Waals surface area contributed by atoms with Gasteiger partial charge in [0.05, 0.1) is 5.52 Å². The number of aryl methyl sites for hydroxylation is 1. The summed E-state index contributed by atoms with van der Waals surface area (Å²) in [6.07, 6.45) is 1.76. The highest BCUT2D eigenvalue weighted by molar-refractivity contribution is 5.92. The molecule has 0 fully saturated rings. The molecule has 19 heavy (non-hydrogen) atoms. The predicted molar refractivity (Wildman–Crippen MR) is 75.3 cm³/mol. The van der Waals surface area contributed by atoms with Gasteiger partial charge in [-0.25, -0.2) is 15.8 Å². The van der Waals surface area contributed by atoms with E-state index in [9.17, 15) is 0 Å². The molecule has 94 valence electrons. The number of rotatable bonds is 2. The summed E-state index contributed by atoms with van der Waals surface area (Å²) in [6.45, 7) is 1.91. The minimum absolute atomic E-state index is 0.600. The van der Waals surface area contributed by atoms with Crippen molar-refractivity contribution >= 4 is 16.7 Å². The van der Waals surface area contributed by atoms with Crippen molar-refractivity contribution in [3.8, 4) is 11.4 Å². The number of hydrazine groups is 1. The number of pyridine rings is 1. The molecule has 0 bridgehead atoms. The third kappa shape index (κ3) is 2.11. The van der Waals surface area contributed by atoms with Crippen LogP contribution in [0.5, 0.6) is 0 Å². The molecule has 2 aromatic heterocycles. The molecule has 5 heteroatoms. The van der Waals surface area contributed by atoms with Gasteiger partial charge in [0.15, 0.2) is 5.82 Å². The van der Waals surface area contributed by atoms with Crippen molar-refractivity contribution in [3.63, 3.8) is 0 Å². The number of nitrogen functional groups attached to an aromatic ring is 1. The summed E-state index contributed by atoms with van der Waals surface area (Å²) < 4.78 is 0. The van der Waals surface area contributed by atoms with E-state index in [4.69, 9.17) is 5.84 Å². The molecule has 0 aliphatic rings. The maximum atomic E-state index is 5.43. The van der Waals surface area contributed by atoms with Crippen LogP contribution >= 0.6 is 0 Å². The summed E-state index contributed by atoms with van der Waals surface area (Å²) in [5.74, 6) is 6.67. The Labute approximate surface area is 110 Å². The molecule has 0 radical (unpaired) electrons. The Morgan fingerprint density at radius 1 is 1.11 bits per heavy atom. The SMILES string of the molecule is Cc1cc(NN)nc(-c2ccnc3ccccc23)n1. The van der Waals surface area contributed by atoms with Gasteiger partial charge < -0.3 is 5.43 Å². The molecule has 3 aromatic rings. The Balaban J connectivity index is 2.27. The Morgan fingerprint density at radius 3 is 2.79 bits per heavy atom. The van der Waals surface area contributed by atoms with Crippen molar-refractivity contribution in [2.45, 2.75) is 6.92 Å². The third-order valence-corrected chi connectivity index (χ3v) is 2.89. The van der Waals surface area contributed by atoms with Crippen molar-refractivity contribution < 1.29 is 0 Å². The molecular weight excluding hydrogens is 238 g/mol. The van der Waals surface area contributed by atoms with Gasteiger partial charge in [-0.05, 0) is 19.1 Å². The van der Waals surface area contributed by atoms with Crippen molar-refractivity contribution in [3.05, 3.63) is 48.3 Å². The second-order valence-electron chi connectivity index (χ2n) is 4.24. The van der Waals surface area contributed by atoms with Gasteiger partial charge in [0.1, 0.15) is 5.82 Å². The number of nitrogens with one attached hydrogen (secondary N) is 1. The zero-order valence-corrected chi connectivity index (χ0v) is 10.5. The molecule has 3 N–H and O–H groups in total. The van der Waals surface area contributed by atoms with Crippen LogP contribution in [-0.2, 0) is 0 Å². The molecule has 0 aliphatic carbocycles. The maximum Gasteiger partial charge on any atom is 0.162 e. The van der Waals surface area contributed by atoms with Gasteiger partial charge in [-0.3, -0.25) is 4.98 Å². The highest BCUT2D eigenvalue weighted by Gasteiger charge is 2.08. The van der Waals surface area contributed by atoms with Crippen LogP contribution in [0.3, 0.4) is 0 Å². The average Bonchev–Trinajstić information content (AvgIpc) is 2.46. The first kappa shape index (κ1) is 11.6. The molecular formula is C14H13N5. The first-order chi connectivity index (χ1) is 9.28. The van der Waals surface area contributed by atoms with Crippen LogP contribution in [0.2, 0.25) is 0 Å². The molecule has 2 heterocycles. The summed E-state index contributed by atoms with van der Waals surface area (Å²) in [6, 6.07) is 11.6. The third-order valence-electron chi connectivity index (χ3n) is 2.89. The molecule has 0 saturated carbocycles. The smallest absolute Gasteiger partial charge is 0.162 e. The van der Waals surface area contributed by atoms with E-state index in [1.165, 1.54) is 0 Å². The van der Waals surface area contributed by atoms with Crippen molar-refractivity contribution in [2.24, 2.45) is 5.84 Å². The molecule has 0 spiro atoms. The number of hydrogen-bond donors (Lipinski definition) is 2. The molecule has 1 aromatic carbocycles. The van der Waals surface area contributed by atoms with E-state index in [0.717, 1.165) is 22.2 Å². The van der Waals surface area contributed by atoms with E-state index in [0.29, 0.717) is 11.6 Å². The van der Waals surface area contributed by atoms with E-state index in [-0.39, 0.29) is 0 Å². The van der Waals surface area contributed by atoms with E-state index in [2.05, 4.69) is 20.4 Å². The van der Waals surface area contributed by atoms with Crippen LogP contribution in [0.1, 0.15) is 5.69 Å². The Bertz CT molecular complexity index is 733. The first-order valence-corrected chi connectivity index (χ1v) is 5.94. The van der Waals surface area contributed by atoms with Crippen molar-refractivity contribution in [1.29, 1.82) is 0 Å². The molecule has 3 rings (SSSR count). The largest absolute Gasteiger partial charge is 0.308 e. The lowest BCUT2D eigenvalue weighted by atomic mass is 10.1. The predicted octanol–water partition coefficient (Wildman–Crippen LogP) is 2.29. The summed E-state index contributed by atoms with van der Waals surface area (Å²) >= 11 is 0. The lowest BCUT2D eigenvalue weighted by Gasteiger charge is -2.07. The minimum Gasteiger partial charge on any atom is -0.308 e. The summed E-state index contributed by atoms with van der Waals surface area (Å²) in [4.78, 5) is 13.2. The van der Waals surface area contributed by atoms with Gasteiger partial charge in [0, 0.05) is 28.9 Å². The fraction of sp³-hybridized carbons (Fsp3) is 0.0714. The van der Waals surface area contributed by atoms with Crippen LogP contribution in [0.25, 0.3) is 22.3 Å². The first-order valence-electron chi connectivity index (χ1n) is 5.94. The van der Waals surface area contributed by atoms with Gasteiger partial charge in [-0.1, -0.05) is 18.2 Å². The quantitative estimate of drug-likeness (QED) is 0.539. The molecule has 5 nitrogen and oxygen atoms in total. The van der Waals surface area contributed by atoms with E-state index in [1.54, 1.807) is 12.3 Å². The van der Waals surface area contributed by atoms with Crippen LogP contribution in [0, 0.1) is 6.92 Å². The summed E-state index contributed by atoms with van der Waals surface area (Å²) in [5.41, 5.74) is 5.29. The maximum absolute atomic E-state index is 5.43. The Hall–Kier alpha value is -2.53. The Morgan fingerprint density at radius 2 is 1.95 bits per heavy atom. The van der Waals surface area contributed by atoms with Gasteiger partial charge in [-0.15, -0.1) is 0 Å². The number of hydrogen-bond acceptors (Lipinski definition) is 5. The summed E-state index contributed by atoms with van der Waals surface area (Å²) in [5, 5.41) is 1.03. The summed E-state index contributed by atoms with van der Waals surface area (Å²) in [7, 11) is 0. The van der Waals surface area contributed by atoms with Gasteiger partial charge in [0.2, 0.25) is 0 Å². The van der Waals surface area contributed by atoms with Crippen LogP contribution in [-0.4, -0.2) is 15.0 Å². The molecule has 0 aliphatic heterocycles. The molecule has 0 atom stereocenters. The zero-order chi connectivity index (χ0) is 13.2. The molecule has 0 unspecified atom stereocenters. The van der Waals surface area contributed by atoms with E-state index in [1.807, 2.05) is 37.3 Å². The fourth-order valence-electron chi connectivity index (χ4n) is 2.05. The number of benzene rings is 1. The Kier molecular flexibility index (Phi) is 2.81. The molecule has 0 amide bonds. The van der Waals surface area contributed by atoms with E-state index >= 15 is 0 Å². The van der Waals surface area contributed by atoms with Crippen LogP contribution in [0.4, 0.5) is 5.82 Å². The van der Waals surface area contributed by atoms with E-state index < -0.39 is 0 Å². The van der Waals surface area contributed by atoms with Gasteiger partial charge >= 0.3 is 0 Å². The van der Waals surface area contributed by atoms with Crippen LogP contribution < -0.4 is 11.3 Å². The number of nitrogens with zero attached hydrogens (tertiary/aromatic N) is 3. The van der Waals surface area contributed by atoms with Crippen molar-refractivity contribution in [1.82, 2.24) is 15.0 Å². The lowest BCUT2D eigenvalue weighted by molar-refractivity contribution is 1.10. The monoisotopic (exact) mass is 251 g/mol. The number of aromatic nitrogens is 3. The highest BCUT2D eigenvalue weighted by Crippen LogP contribution is 2.25. The van der Waals surface area contributed by atoms with Crippen molar-refractivity contribution in [2.75, 3.05) is 5.43 Å². The average molecular weight is 251 g/mol. The van der Waals surface area contributed by atoms with Gasteiger partial charge in [0.25, 0.3) is 0 Å². The zero-order valence-electron chi connectivity index (χ0n) is 10.5. The minimum atomic E-state index is 0.600. The second kappa shape index (κ2) is 4.62. The number of para-hydroxylation sites is 1.